The number of rotatable bonds is 11. The first-order valence-corrected chi connectivity index (χ1v) is 13.2. The van der Waals surface area contributed by atoms with E-state index in [0.717, 1.165) is 22.4 Å². The minimum atomic E-state index is -0.930. The van der Waals surface area contributed by atoms with Crippen molar-refractivity contribution in [2.24, 2.45) is 0 Å². The van der Waals surface area contributed by atoms with Gasteiger partial charge in [-0.15, -0.1) is 0 Å². The molecule has 0 aliphatic carbocycles. The zero-order chi connectivity index (χ0) is 26.4. The second-order valence-electron chi connectivity index (χ2n) is 10.1. The number of hydrogen-bond donors (Lipinski definition) is 3. The van der Waals surface area contributed by atoms with E-state index in [-0.39, 0.29) is 11.1 Å². The number of β-amino-alcohol motifs (C(OH)–C–C–N with tert-alkyl or cyclic N) is 1. The van der Waals surface area contributed by atoms with Crippen molar-refractivity contribution >= 4 is 28.7 Å². The van der Waals surface area contributed by atoms with Crippen LogP contribution in [0.5, 0.6) is 0 Å². The highest BCUT2D eigenvalue weighted by Crippen LogP contribution is 2.26. The van der Waals surface area contributed by atoms with Crippen LogP contribution < -0.4 is 5.32 Å². The number of fused-ring (bicyclic) bond motifs is 1. The number of aromatic carboxylic acids is 1. The lowest BCUT2D eigenvalue weighted by Crippen LogP contribution is -2.46. The lowest BCUT2D eigenvalue weighted by atomic mass is 9.93. The molecule has 0 bridgehead atoms. The SMILES string of the molecule is CN(C[C@H](O)CNC(C)(C)Cc1ccc2ccccc2c1)Sc1ccc(-c2cccc(C(=O)O)c2)cc1. The first-order chi connectivity index (χ1) is 17.7. The number of nitrogens with one attached hydrogen (secondary N) is 1. The normalized spacial score (nSPS) is 12.7. The Morgan fingerprint density at radius 3 is 2.38 bits per heavy atom. The maximum Gasteiger partial charge on any atom is 0.335 e. The molecule has 3 N–H and O–H groups in total. The molecule has 4 aromatic rings. The number of benzene rings is 4. The van der Waals surface area contributed by atoms with Gasteiger partial charge in [-0.3, -0.25) is 0 Å². The number of carbonyl (C=O) groups is 1. The van der Waals surface area contributed by atoms with E-state index in [4.69, 9.17) is 0 Å². The number of carboxylic acid groups (broad SMARTS) is 1. The number of nitrogens with zero attached hydrogens (tertiary/aromatic N) is 1. The molecule has 0 radical (unpaired) electrons. The molecule has 0 aromatic heterocycles. The van der Waals surface area contributed by atoms with Crippen molar-refractivity contribution < 1.29 is 15.0 Å². The van der Waals surface area contributed by atoms with E-state index in [1.807, 2.05) is 41.7 Å². The van der Waals surface area contributed by atoms with Crippen LogP contribution in [0.2, 0.25) is 0 Å². The van der Waals surface area contributed by atoms with E-state index in [9.17, 15) is 15.0 Å². The number of aliphatic hydroxyl groups excluding tert-OH is 1. The molecule has 0 amide bonds. The van der Waals surface area contributed by atoms with Crippen molar-refractivity contribution in [1.29, 1.82) is 0 Å². The Labute approximate surface area is 223 Å². The Kier molecular flexibility index (Phi) is 8.67. The first-order valence-electron chi connectivity index (χ1n) is 12.4. The summed E-state index contributed by atoms with van der Waals surface area (Å²) in [6.07, 6.45) is 0.364. The molecule has 4 rings (SSSR count). The summed E-state index contributed by atoms with van der Waals surface area (Å²) in [4.78, 5) is 12.3. The molecular weight excluding hydrogens is 480 g/mol. The molecule has 37 heavy (non-hydrogen) atoms. The van der Waals surface area contributed by atoms with Gasteiger partial charge in [0, 0.05) is 23.5 Å². The molecule has 0 aliphatic rings. The summed E-state index contributed by atoms with van der Waals surface area (Å²) in [7, 11) is 1.97. The number of likely N-dealkylation sites (N-methyl/N-ethyl adjacent to an activating group) is 1. The molecule has 0 saturated heterocycles. The fraction of sp³-hybridized carbons (Fsp3) is 0.258. The molecule has 0 aliphatic heterocycles. The molecule has 192 valence electrons. The molecule has 0 saturated carbocycles. The molecule has 4 aromatic carbocycles. The van der Waals surface area contributed by atoms with E-state index >= 15 is 0 Å². The average Bonchev–Trinajstić information content (AvgIpc) is 2.88. The topological polar surface area (TPSA) is 72.8 Å². The Morgan fingerprint density at radius 2 is 1.65 bits per heavy atom. The minimum Gasteiger partial charge on any atom is -0.478 e. The fourth-order valence-electron chi connectivity index (χ4n) is 4.43. The summed E-state index contributed by atoms with van der Waals surface area (Å²) in [6.45, 7) is 5.36. The lowest BCUT2D eigenvalue weighted by molar-refractivity contribution is 0.0697. The van der Waals surface area contributed by atoms with Gasteiger partial charge in [-0.2, -0.15) is 0 Å². The Hall–Kier alpha value is -3.16. The Balaban J connectivity index is 1.26. The lowest BCUT2D eigenvalue weighted by Gasteiger charge is -2.29. The van der Waals surface area contributed by atoms with Gasteiger partial charge < -0.3 is 15.5 Å². The van der Waals surface area contributed by atoms with Gasteiger partial charge in [0.05, 0.1) is 11.7 Å². The van der Waals surface area contributed by atoms with E-state index in [1.165, 1.54) is 16.3 Å². The van der Waals surface area contributed by atoms with Crippen LogP contribution in [0.1, 0.15) is 29.8 Å². The number of hydrogen-bond acceptors (Lipinski definition) is 5. The second-order valence-corrected chi connectivity index (χ2v) is 11.4. The molecular formula is C31H34N2O3S. The van der Waals surface area contributed by atoms with Gasteiger partial charge in [0.15, 0.2) is 0 Å². The summed E-state index contributed by atoms with van der Waals surface area (Å²) >= 11 is 1.57. The van der Waals surface area contributed by atoms with Crippen molar-refractivity contribution in [3.8, 4) is 11.1 Å². The van der Waals surface area contributed by atoms with Crippen LogP contribution in [0.25, 0.3) is 21.9 Å². The first kappa shape index (κ1) is 26.9. The van der Waals surface area contributed by atoms with Crippen LogP contribution >= 0.6 is 11.9 Å². The fourth-order valence-corrected chi connectivity index (χ4v) is 5.30. The van der Waals surface area contributed by atoms with E-state index in [1.54, 1.807) is 30.1 Å². The van der Waals surface area contributed by atoms with Crippen LogP contribution in [-0.4, -0.2) is 52.3 Å². The highest BCUT2D eigenvalue weighted by molar-refractivity contribution is 7.97. The van der Waals surface area contributed by atoms with E-state index in [0.29, 0.717) is 13.1 Å². The molecule has 0 unspecified atom stereocenters. The second kappa shape index (κ2) is 11.9. The molecule has 0 spiro atoms. The highest BCUT2D eigenvalue weighted by atomic mass is 32.2. The summed E-state index contributed by atoms with van der Waals surface area (Å²) in [5.74, 6) is -0.930. The summed E-state index contributed by atoms with van der Waals surface area (Å²) in [6, 6.07) is 29.9. The van der Waals surface area contributed by atoms with Crippen LogP contribution in [-0.2, 0) is 6.42 Å². The van der Waals surface area contributed by atoms with Gasteiger partial charge in [0.1, 0.15) is 0 Å². The van der Waals surface area contributed by atoms with Crippen molar-refractivity contribution in [1.82, 2.24) is 9.62 Å². The quantitative estimate of drug-likeness (QED) is 0.210. The molecule has 0 fully saturated rings. The molecule has 5 nitrogen and oxygen atoms in total. The van der Waals surface area contributed by atoms with Crippen molar-refractivity contribution in [2.75, 3.05) is 20.1 Å². The largest absolute Gasteiger partial charge is 0.478 e. The highest BCUT2D eigenvalue weighted by Gasteiger charge is 2.20. The number of carboxylic acids is 1. The maximum atomic E-state index is 11.2. The Bertz CT molecular complexity index is 1350. The van der Waals surface area contributed by atoms with Crippen molar-refractivity contribution in [3.63, 3.8) is 0 Å². The molecule has 6 heteroatoms. The zero-order valence-corrected chi connectivity index (χ0v) is 22.3. The van der Waals surface area contributed by atoms with Gasteiger partial charge in [-0.1, -0.05) is 66.7 Å². The molecule has 1 atom stereocenters. The van der Waals surface area contributed by atoms with Crippen LogP contribution in [0.3, 0.4) is 0 Å². The third kappa shape index (κ3) is 7.66. The standard InChI is InChI=1S/C31H34N2O3S/c1-31(2,19-22-11-12-23-7-4-5-8-25(23)17-22)32-20-28(34)21-33(3)37-29-15-13-24(14-16-29)26-9-6-10-27(18-26)30(35)36/h4-18,28,32,34H,19-21H2,1-3H3,(H,35,36)/t28-/m1/s1. The third-order valence-electron chi connectivity index (χ3n) is 6.30. The van der Waals surface area contributed by atoms with Crippen molar-refractivity contribution in [2.45, 2.75) is 36.8 Å². The molecule has 0 heterocycles. The summed E-state index contributed by atoms with van der Waals surface area (Å²) in [5, 5.41) is 25.9. The maximum absolute atomic E-state index is 11.2. The predicted octanol–water partition coefficient (Wildman–Crippen LogP) is 6.12. The summed E-state index contributed by atoms with van der Waals surface area (Å²) in [5.41, 5.74) is 3.24. The van der Waals surface area contributed by atoms with Crippen molar-refractivity contribution in [3.05, 3.63) is 102 Å². The number of aliphatic hydroxyl groups is 1. The predicted molar refractivity (Wildman–Crippen MR) is 153 cm³/mol. The average molecular weight is 515 g/mol. The van der Waals surface area contributed by atoms with E-state index in [2.05, 4.69) is 61.6 Å². The van der Waals surface area contributed by atoms with Gasteiger partial charge in [0.2, 0.25) is 0 Å². The van der Waals surface area contributed by atoms with Crippen LogP contribution in [0.15, 0.2) is 95.9 Å². The van der Waals surface area contributed by atoms with Gasteiger partial charge >= 0.3 is 5.97 Å². The van der Waals surface area contributed by atoms with Gasteiger partial charge in [-0.05, 0) is 91.0 Å². The zero-order valence-electron chi connectivity index (χ0n) is 21.5. The van der Waals surface area contributed by atoms with Crippen LogP contribution in [0.4, 0.5) is 0 Å². The van der Waals surface area contributed by atoms with Gasteiger partial charge in [0.25, 0.3) is 0 Å². The third-order valence-corrected chi connectivity index (χ3v) is 7.25. The van der Waals surface area contributed by atoms with Gasteiger partial charge in [-0.25, -0.2) is 9.10 Å². The van der Waals surface area contributed by atoms with E-state index < -0.39 is 12.1 Å². The van der Waals surface area contributed by atoms with Crippen LogP contribution in [0, 0.1) is 0 Å². The smallest absolute Gasteiger partial charge is 0.335 e. The monoisotopic (exact) mass is 514 g/mol. The summed E-state index contributed by atoms with van der Waals surface area (Å²) < 4.78 is 2.03. The Morgan fingerprint density at radius 1 is 0.919 bits per heavy atom. The minimum absolute atomic E-state index is 0.150.